The Bertz CT molecular complexity index is 1400. The van der Waals surface area contributed by atoms with E-state index in [4.69, 9.17) is 21.3 Å². The Morgan fingerprint density at radius 1 is 1.24 bits per heavy atom. The number of nitrogens with zero attached hydrogens (tertiary/aromatic N) is 4. The fourth-order valence-corrected chi connectivity index (χ4v) is 4.83. The molecule has 0 bridgehead atoms. The summed E-state index contributed by atoms with van der Waals surface area (Å²) in [6.07, 6.45) is 6.97. The van der Waals surface area contributed by atoms with E-state index in [1.165, 1.54) is 0 Å². The summed E-state index contributed by atoms with van der Waals surface area (Å²) < 4.78 is 5.60. The maximum absolute atomic E-state index is 12.7. The summed E-state index contributed by atoms with van der Waals surface area (Å²) in [5.74, 6) is 0.892. The number of carbonyl (C=O) groups is 1. The first-order valence-corrected chi connectivity index (χ1v) is 12.9. The highest BCUT2D eigenvalue weighted by atomic mass is 35.5. The number of hydrogen-bond acceptors (Lipinski definition) is 6. The molecule has 192 valence electrons. The van der Waals surface area contributed by atoms with Crippen LogP contribution in [0.5, 0.6) is 0 Å². The van der Waals surface area contributed by atoms with Gasteiger partial charge in [0, 0.05) is 60.8 Å². The van der Waals surface area contributed by atoms with Crippen LogP contribution >= 0.6 is 11.6 Å². The summed E-state index contributed by atoms with van der Waals surface area (Å²) in [4.78, 5) is 31.5. The first-order valence-electron chi connectivity index (χ1n) is 12.5. The Balaban J connectivity index is 1.40. The molecule has 1 aliphatic heterocycles. The van der Waals surface area contributed by atoms with E-state index in [1.807, 2.05) is 57.3 Å². The fourth-order valence-electron chi connectivity index (χ4n) is 4.62. The molecule has 5 heterocycles. The van der Waals surface area contributed by atoms with Gasteiger partial charge in [-0.15, -0.1) is 0 Å². The van der Waals surface area contributed by atoms with E-state index >= 15 is 0 Å². The van der Waals surface area contributed by atoms with E-state index in [1.54, 1.807) is 17.3 Å². The van der Waals surface area contributed by atoms with Crippen molar-refractivity contribution in [2.75, 3.05) is 18.4 Å². The molecule has 37 heavy (non-hydrogen) atoms. The lowest BCUT2D eigenvalue weighted by Gasteiger charge is -2.33. The average Bonchev–Trinajstić information content (AvgIpc) is 3.33. The third kappa shape index (κ3) is 5.85. The molecule has 8 nitrogen and oxygen atoms in total. The number of likely N-dealkylation sites (tertiary alicyclic amines) is 1. The van der Waals surface area contributed by atoms with Crippen LogP contribution in [0.15, 0.2) is 55.0 Å². The first-order chi connectivity index (χ1) is 17.8. The second kappa shape index (κ2) is 10.4. The zero-order valence-corrected chi connectivity index (χ0v) is 22.0. The van der Waals surface area contributed by atoms with Crippen molar-refractivity contribution in [3.05, 3.63) is 71.3 Å². The van der Waals surface area contributed by atoms with Gasteiger partial charge in [-0.1, -0.05) is 17.7 Å². The minimum absolute atomic E-state index is 0.166. The lowest BCUT2D eigenvalue weighted by molar-refractivity contribution is 0.0197. The summed E-state index contributed by atoms with van der Waals surface area (Å²) in [6.45, 7) is 7.58. The number of H-pyrrole nitrogens is 1. The second-order valence-electron chi connectivity index (χ2n) is 10.4. The van der Waals surface area contributed by atoms with Gasteiger partial charge in [0.25, 0.3) is 0 Å². The van der Waals surface area contributed by atoms with Crippen molar-refractivity contribution in [3.63, 3.8) is 0 Å². The maximum atomic E-state index is 12.7. The number of aromatic nitrogens is 4. The topological polar surface area (TPSA) is 96.0 Å². The fraction of sp³-hybridized carbons (Fsp3) is 0.357. The van der Waals surface area contributed by atoms with Gasteiger partial charge in [0.2, 0.25) is 0 Å². The van der Waals surface area contributed by atoms with Crippen LogP contribution < -0.4 is 5.32 Å². The molecule has 1 saturated heterocycles. The molecular formula is C28H31ClN6O2. The number of nitrogens with one attached hydrogen (secondary N) is 2. The second-order valence-corrected chi connectivity index (χ2v) is 10.8. The Labute approximate surface area is 221 Å². The molecule has 4 aromatic heterocycles. The minimum Gasteiger partial charge on any atom is -0.444 e. The van der Waals surface area contributed by atoms with Gasteiger partial charge in [-0.25, -0.2) is 14.8 Å². The highest BCUT2D eigenvalue weighted by Crippen LogP contribution is 2.35. The molecule has 0 radical (unpaired) electrons. The number of anilines is 1. The zero-order chi connectivity index (χ0) is 26.0. The lowest BCUT2D eigenvalue weighted by Crippen LogP contribution is -2.42. The molecule has 4 aromatic rings. The van der Waals surface area contributed by atoms with E-state index in [0.717, 1.165) is 46.5 Å². The third-order valence-corrected chi connectivity index (χ3v) is 6.67. The van der Waals surface area contributed by atoms with Crippen LogP contribution in [0.2, 0.25) is 5.02 Å². The normalized spacial score (nSPS) is 16.1. The van der Waals surface area contributed by atoms with Crippen molar-refractivity contribution in [1.82, 2.24) is 24.8 Å². The molecule has 0 saturated carbocycles. The quantitative estimate of drug-likeness (QED) is 0.317. The Kier molecular flexibility index (Phi) is 7.02. The number of aromatic amines is 1. The van der Waals surface area contributed by atoms with Crippen LogP contribution in [0.25, 0.3) is 22.3 Å². The number of carbonyl (C=O) groups excluding carboxylic acids is 1. The average molecular weight is 519 g/mol. The Morgan fingerprint density at radius 3 is 2.89 bits per heavy atom. The minimum atomic E-state index is -0.516. The molecule has 9 heteroatoms. The van der Waals surface area contributed by atoms with Gasteiger partial charge >= 0.3 is 6.09 Å². The Hall–Kier alpha value is -3.65. The molecule has 5 rings (SSSR count). The monoisotopic (exact) mass is 518 g/mol. The van der Waals surface area contributed by atoms with Crippen molar-refractivity contribution in [3.8, 4) is 11.3 Å². The summed E-state index contributed by atoms with van der Waals surface area (Å²) >= 11 is 6.62. The van der Waals surface area contributed by atoms with E-state index in [0.29, 0.717) is 30.4 Å². The number of ether oxygens (including phenoxy) is 1. The first kappa shape index (κ1) is 25.0. The van der Waals surface area contributed by atoms with Crippen molar-refractivity contribution in [2.45, 2.75) is 51.7 Å². The number of fused-ring (bicyclic) bond motifs is 1. The smallest absolute Gasteiger partial charge is 0.410 e. The zero-order valence-electron chi connectivity index (χ0n) is 21.3. The van der Waals surface area contributed by atoms with Crippen LogP contribution in [0.1, 0.15) is 50.8 Å². The van der Waals surface area contributed by atoms with Crippen molar-refractivity contribution in [2.24, 2.45) is 0 Å². The highest BCUT2D eigenvalue weighted by molar-refractivity contribution is 6.33. The van der Waals surface area contributed by atoms with Gasteiger partial charge < -0.3 is 19.9 Å². The number of rotatable bonds is 5. The van der Waals surface area contributed by atoms with E-state index in [9.17, 15) is 4.79 Å². The van der Waals surface area contributed by atoms with E-state index < -0.39 is 5.60 Å². The molecule has 0 aliphatic carbocycles. The number of pyridine rings is 3. The van der Waals surface area contributed by atoms with Gasteiger partial charge in [-0.05, 0) is 69.5 Å². The Morgan fingerprint density at radius 2 is 2.11 bits per heavy atom. The van der Waals surface area contributed by atoms with Crippen LogP contribution in [-0.4, -0.2) is 49.6 Å². The van der Waals surface area contributed by atoms with Crippen molar-refractivity contribution < 1.29 is 9.53 Å². The standard InChI is InChI=1S/C28H31ClN6O2/c1-28(2,3)37-27(36)35-13-5-7-19(17-35)23-14-21-20(10-12-31-26(21)33-23)25-22(29)8-9-24(34-25)32-16-18-6-4-11-30-15-18/h4,6,8-12,14-15,19H,5,7,13,16-17H2,1-3H3,(H,31,33)(H,32,34). The van der Waals surface area contributed by atoms with E-state index in [2.05, 4.69) is 26.3 Å². The number of amides is 1. The molecule has 1 aliphatic rings. The SMILES string of the molecule is CC(C)(C)OC(=O)N1CCCC(c2cc3c(-c4nc(NCc5cccnc5)ccc4Cl)ccnc3[nH]2)C1. The van der Waals surface area contributed by atoms with Crippen LogP contribution in [0.4, 0.5) is 10.6 Å². The van der Waals surface area contributed by atoms with Crippen molar-refractivity contribution in [1.29, 1.82) is 0 Å². The number of hydrogen-bond donors (Lipinski definition) is 2. The van der Waals surface area contributed by atoms with Crippen LogP contribution in [0, 0.1) is 0 Å². The summed E-state index contributed by atoms with van der Waals surface area (Å²) in [6, 6.07) is 11.7. The molecule has 2 N–H and O–H groups in total. The molecular weight excluding hydrogens is 488 g/mol. The van der Waals surface area contributed by atoms with Crippen LogP contribution in [-0.2, 0) is 11.3 Å². The van der Waals surface area contributed by atoms with Gasteiger partial charge in [-0.2, -0.15) is 0 Å². The number of halogens is 1. The third-order valence-electron chi connectivity index (χ3n) is 6.36. The largest absolute Gasteiger partial charge is 0.444 e. The highest BCUT2D eigenvalue weighted by Gasteiger charge is 2.29. The summed E-state index contributed by atoms with van der Waals surface area (Å²) in [5, 5.41) is 4.87. The maximum Gasteiger partial charge on any atom is 0.410 e. The lowest BCUT2D eigenvalue weighted by atomic mass is 9.94. The molecule has 1 fully saturated rings. The molecule has 1 unspecified atom stereocenters. The van der Waals surface area contributed by atoms with E-state index in [-0.39, 0.29) is 12.0 Å². The van der Waals surface area contributed by atoms with Crippen LogP contribution in [0.3, 0.4) is 0 Å². The van der Waals surface area contributed by atoms with Gasteiger partial charge in [0.1, 0.15) is 17.1 Å². The van der Waals surface area contributed by atoms with Gasteiger partial charge in [-0.3, -0.25) is 4.98 Å². The molecule has 0 aromatic carbocycles. The van der Waals surface area contributed by atoms with Gasteiger partial charge in [0.15, 0.2) is 0 Å². The predicted molar refractivity (Wildman–Crippen MR) is 146 cm³/mol. The molecule has 1 amide bonds. The predicted octanol–water partition coefficient (Wildman–Crippen LogP) is 6.40. The summed E-state index contributed by atoms with van der Waals surface area (Å²) in [5.41, 5.74) is 3.96. The molecule has 0 spiro atoms. The van der Waals surface area contributed by atoms with Gasteiger partial charge in [0.05, 0.1) is 10.7 Å². The molecule has 1 atom stereocenters. The van der Waals surface area contributed by atoms with Crippen molar-refractivity contribution >= 4 is 34.5 Å². The summed E-state index contributed by atoms with van der Waals surface area (Å²) in [7, 11) is 0. The number of piperidine rings is 1.